The molecule has 1 unspecified atom stereocenters. The first kappa shape index (κ1) is 10.5. The standard InChI is InChI=1S/C10H13NO3/c1-14-8-4-2-7(3-5-8)9(11)6-10(12)13/h2-5,9H,6,11H2,1H3,(H,12,13)/p+1. The van der Waals surface area contributed by atoms with Crippen molar-refractivity contribution in [3.63, 3.8) is 0 Å². The molecule has 4 nitrogen and oxygen atoms in total. The number of aliphatic carboxylic acids is 1. The summed E-state index contributed by atoms with van der Waals surface area (Å²) >= 11 is 0. The third-order valence-corrected chi connectivity index (χ3v) is 2.01. The van der Waals surface area contributed by atoms with E-state index >= 15 is 0 Å². The van der Waals surface area contributed by atoms with Gasteiger partial charge in [-0.05, 0) is 24.3 Å². The van der Waals surface area contributed by atoms with Gasteiger partial charge in [-0.15, -0.1) is 0 Å². The van der Waals surface area contributed by atoms with Crippen LogP contribution in [0.25, 0.3) is 0 Å². The van der Waals surface area contributed by atoms with Gasteiger partial charge in [-0.1, -0.05) is 0 Å². The van der Waals surface area contributed by atoms with Crippen molar-refractivity contribution < 1.29 is 20.4 Å². The maximum atomic E-state index is 10.4. The molecule has 0 aliphatic rings. The number of benzene rings is 1. The number of methoxy groups -OCH3 is 1. The van der Waals surface area contributed by atoms with E-state index in [0.717, 1.165) is 11.3 Å². The predicted molar refractivity (Wildman–Crippen MR) is 50.9 cm³/mol. The van der Waals surface area contributed by atoms with Gasteiger partial charge in [0.25, 0.3) is 0 Å². The quantitative estimate of drug-likeness (QED) is 0.734. The Hall–Kier alpha value is -1.55. The highest BCUT2D eigenvalue weighted by Crippen LogP contribution is 2.16. The summed E-state index contributed by atoms with van der Waals surface area (Å²) in [6.45, 7) is 0. The van der Waals surface area contributed by atoms with E-state index in [0.29, 0.717) is 0 Å². The average Bonchev–Trinajstić information content (AvgIpc) is 2.17. The molecule has 1 rings (SSSR count). The van der Waals surface area contributed by atoms with Gasteiger partial charge in [0.05, 0.1) is 7.11 Å². The fourth-order valence-electron chi connectivity index (χ4n) is 1.20. The predicted octanol–water partition coefficient (Wildman–Crippen LogP) is 0.453. The lowest BCUT2D eigenvalue weighted by Crippen LogP contribution is -2.54. The molecular formula is C10H14NO3+. The highest BCUT2D eigenvalue weighted by atomic mass is 16.5. The van der Waals surface area contributed by atoms with Gasteiger partial charge in [-0.3, -0.25) is 4.79 Å². The molecule has 14 heavy (non-hydrogen) atoms. The third-order valence-electron chi connectivity index (χ3n) is 2.01. The largest absolute Gasteiger partial charge is 0.497 e. The fraction of sp³-hybridized carbons (Fsp3) is 0.300. The molecule has 4 heteroatoms. The van der Waals surface area contributed by atoms with Crippen LogP contribution in [-0.2, 0) is 4.79 Å². The SMILES string of the molecule is COc1ccc(C([NH3+])CC(=O)O)cc1. The molecule has 0 bridgehead atoms. The molecule has 0 spiro atoms. The van der Waals surface area contributed by atoms with Crippen molar-refractivity contribution in [2.24, 2.45) is 0 Å². The Labute approximate surface area is 82.3 Å². The van der Waals surface area contributed by atoms with Gasteiger partial charge in [-0.2, -0.15) is 0 Å². The molecule has 0 fully saturated rings. The Balaban J connectivity index is 2.71. The lowest BCUT2D eigenvalue weighted by Gasteiger charge is -2.06. The molecule has 1 aromatic carbocycles. The van der Waals surface area contributed by atoms with Crippen molar-refractivity contribution in [3.05, 3.63) is 29.8 Å². The lowest BCUT2D eigenvalue weighted by molar-refractivity contribution is -0.425. The number of hydrogen-bond acceptors (Lipinski definition) is 2. The number of quaternary nitrogens is 1. The number of carboxylic acids is 1. The molecule has 1 atom stereocenters. The van der Waals surface area contributed by atoms with Crippen LogP contribution < -0.4 is 10.5 Å². The van der Waals surface area contributed by atoms with Crippen molar-refractivity contribution >= 4 is 5.97 Å². The lowest BCUT2D eigenvalue weighted by atomic mass is 10.1. The summed E-state index contributed by atoms with van der Waals surface area (Å²) < 4.78 is 4.99. The molecule has 0 saturated carbocycles. The Morgan fingerprint density at radius 2 is 2.07 bits per heavy atom. The van der Waals surface area contributed by atoms with Crippen molar-refractivity contribution in [1.82, 2.24) is 0 Å². The van der Waals surface area contributed by atoms with Crippen LogP contribution in [0.3, 0.4) is 0 Å². The van der Waals surface area contributed by atoms with E-state index in [2.05, 4.69) is 5.73 Å². The molecule has 0 aliphatic heterocycles. The summed E-state index contributed by atoms with van der Waals surface area (Å²) in [4.78, 5) is 10.4. The number of ether oxygens (including phenoxy) is 1. The van der Waals surface area contributed by atoms with Crippen molar-refractivity contribution in [2.45, 2.75) is 12.5 Å². The summed E-state index contributed by atoms with van der Waals surface area (Å²) in [5, 5.41) is 8.58. The molecule has 4 N–H and O–H groups in total. The molecule has 0 aromatic heterocycles. The minimum Gasteiger partial charge on any atom is -0.497 e. The second-order valence-electron chi connectivity index (χ2n) is 3.07. The second-order valence-corrected chi connectivity index (χ2v) is 3.07. The van der Waals surface area contributed by atoms with E-state index < -0.39 is 5.97 Å². The molecule has 1 aromatic rings. The average molecular weight is 196 g/mol. The van der Waals surface area contributed by atoms with Gasteiger partial charge in [0.1, 0.15) is 18.2 Å². The third kappa shape index (κ3) is 2.74. The molecule has 0 amide bonds. The Morgan fingerprint density at radius 3 is 2.50 bits per heavy atom. The second kappa shape index (κ2) is 4.62. The van der Waals surface area contributed by atoms with E-state index in [1.165, 1.54) is 0 Å². The van der Waals surface area contributed by atoms with Crippen LogP contribution >= 0.6 is 0 Å². The zero-order valence-electron chi connectivity index (χ0n) is 8.06. The van der Waals surface area contributed by atoms with Crippen molar-refractivity contribution in [3.8, 4) is 5.75 Å². The maximum absolute atomic E-state index is 10.4. The minimum atomic E-state index is -0.833. The van der Waals surface area contributed by atoms with Gasteiger partial charge in [-0.25, -0.2) is 0 Å². The highest BCUT2D eigenvalue weighted by molar-refractivity contribution is 5.67. The maximum Gasteiger partial charge on any atom is 0.309 e. The Kier molecular flexibility index (Phi) is 3.48. The summed E-state index contributed by atoms with van der Waals surface area (Å²) in [5.74, 6) is -0.0721. The van der Waals surface area contributed by atoms with Crippen LogP contribution in [0.2, 0.25) is 0 Å². The first-order valence-corrected chi connectivity index (χ1v) is 4.32. The molecular weight excluding hydrogens is 182 g/mol. The van der Waals surface area contributed by atoms with Crippen LogP contribution in [-0.4, -0.2) is 18.2 Å². The Bertz CT molecular complexity index is 308. The van der Waals surface area contributed by atoms with Crippen LogP contribution in [0, 0.1) is 0 Å². The molecule has 0 aliphatic carbocycles. The van der Waals surface area contributed by atoms with Gasteiger partial charge in [0.15, 0.2) is 0 Å². The summed E-state index contributed by atoms with van der Waals surface area (Å²) in [7, 11) is 1.59. The monoisotopic (exact) mass is 196 g/mol. The first-order valence-electron chi connectivity index (χ1n) is 4.32. The van der Waals surface area contributed by atoms with Gasteiger partial charge >= 0.3 is 5.97 Å². The van der Waals surface area contributed by atoms with Crippen molar-refractivity contribution in [2.75, 3.05) is 7.11 Å². The smallest absolute Gasteiger partial charge is 0.309 e. The highest BCUT2D eigenvalue weighted by Gasteiger charge is 2.13. The van der Waals surface area contributed by atoms with Crippen LogP contribution in [0.4, 0.5) is 0 Å². The zero-order valence-corrected chi connectivity index (χ0v) is 8.06. The van der Waals surface area contributed by atoms with Crippen LogP contribution in [0.5, 0.6) is 5.75 Å². The number of carboxylic acid groups (broad SMARTS) is 1. The van der Waals surface area contributed by atoms with Gasteiger partial charge in [0, 0.05) is 5.56 Å². The summed E-state index contributed by atoms with van der Waals surface area (Å²) in [6.07, 6.45) is 0.0479. The summed E-state index contributed by atoms with van der Waals surface area (Å²) in [6, 6.07) is 7.06. The van der Waals surface area contributed by atoms with E-state index in [-0.39, 0.29) is 12.5 Å². The number of rotatable bonds is 4. The Morgan fingerprint density at radius 1 is 1.50 bits per heavy atom. The van der Waals surface area contributed by atoms with Crippen LogP contribution in [0.1, 0.15) is 18.0 Å². The molecule has 0 saturated heterocycles. The number of hydrogen-bond donors (Lipinski definition) is 2. The molecule has 0 heterocycles. The summed E-state index contributed by atoms with van der Waals surface area (Å²) in [5.41, 5.74) is 4.69. The van der Waals surface area contributed by atoms with E-state index in [1.807, 2.05) is 12.1 Å². The fourth-order valence-corrected chi connectivity index (χ4v) is 1.20. The van der Waals surface area contributed by atoms with E-state index in [1.54, 1.807) is 19.2 Å². The van der Waals surface area contributed by atoms with Crippen LogP contribution in [0.15, 0.2) is 24.3 Å². The van der Waals surface area contributed by atoms with E-state index in [4.69, 9.17) is 9.84 Å². The minimum absolute atomic E-state index is 0.0479. The first-order chi connectivity index (χ1) is 6.63. The molecule has 0 radical (unpaired) electrons. The molecule has 76 valence electrons. The van der Waals surface area contributed by atoms with Gasteiger partial charge < -0.3 is 15.6 Å². The van der Waals surface area contributed by atoms with E-state index in [9.17, 15) is 4.79 Å². The van der Waals surface area contributed by atoms with Crippen molar-refractivity contribution in [1.29, 1.82) is 0 Å². The zero-order chi connectivity index (χ0) is 10.6. The normalized spacial score (nSPS) is 12.1. The van der Waals surface area contributed by atoms with Gasteiger partial charge in [0.2, 0.25) is 0 Å². The topological polar surface area (TPSA) is 74.2 Å². The number of carbonyl (C=O) groups is 1.